The van der Waals surface area contributed by atoms with Crippen LogP contribution in [0.15, 0.2) is 6.20 Å². The Balaban J connectivity index is 3.11. The lowest BCUT2D eigenvalue weighted by atomic mass is 10.2. The number of aromatic carboxylic acids is 1. The molecule has 0 atom stereocenters. The molecule has 0 fully saturated rings. The number of carboxylic acids is 1. The Kier molecular flexibility index (Phi) is 2.70. The van der Waals surface area contributed by atoms with Crippen molar-refractivity contribution in [2.24, 2.45) is 0 Å². The average Bonchev–Trinajstić information content (AvgIpc) is 2.47. The molecule has 1 aromatic rings. The van der Waals surface area contributed by atoms with E-state index in [1.54, 1.807) is 10.9 Å². The van der Waals surface area contributed by atoms with Crippen molar-refractivity contribution in [2.45, 2.75) is 33.2 Å². The molecule has 1 heterocycles. The first-order chi connectivity index (χ1) is 6.06. The van der Waals surface area contributed by atoms with Gasteiger partial charge in [0, 0.05) is 12.2 Å². The number of carbonyl (C=O) groups is 1. The highest BCUT2D eigenvalue weighted by molar-refractivity contribution is 5.88. The molecule has 0 unspecified atom stereocenters. The molecule has 0 spiro atoms. The van der Waals surface area contributed by atoms with Crippen molar-refractivity contribution in [3.05, 3.63) is 17.5 Å². The predicted molar refractivity (Wildman–Crippen MR) is 48.9 cm³/mol. The molecular weight excluding hydrogens is 168 g/mol. The fourth-order valence-corrected chi connectivity index (χ4v) is 1.13. The van der Waals surface area contributed by atoms with Crippen LogP contribution in [-0.4, -0.2) is 20.9 Å². The van der Waals surface area contributed by atoms with Gasteiger partial charge in [-0.15, -0.1) is 0 Å². The van der Waals surface area contributed by atoms with Gasteiger partial charge in [-0.3, -0.25) is 4.68 Å². The van der Waals surface area contributed by atoms with Gasteiger partial charge in [0.2, 0.25) is 0 Å². The highest BCUT2D eigenvalue weighted by Crippen LogP contribution is 2.11. The Labute approximate surface area is 77.2 Å². The molecule has 0 saturated heterocycles. The van der Waals surface area contributed by atoms with Gasteiger partial charge in [0.25, 0.3) is 0 Å². The minimum absolute atomic E-state index is 0.207. The summed E-state index contributed by atoms with van der Waals surface area (Å²) in [4.78, 5) is 10.8. The normalized spacial score (nSPS) is 10.8. The highest BCUT2D eigenvalue weighted by Gasteiger charge is 2.14. The summed E-state index contributed by atoms with van der Waals surface area (Å²) in [5.74, 6) is -0.899. The number of aromatic nitrogens is 2. The van der Waals surface area contributed by atoms with Crippen molar-refractivity contribution in [1.82, 2.24) is 9.78 Å². The molecule has 72 valence electrons. The number of rotatable bonds is 3. The summed E-state index contributed by atoms with van der Waals surface area (Å²) in [6, 6.07) is 0.207. The standard InChI is InChI=1S/C9H14N2O2/c1-4-8-7(9(12)13)5-11(10-8)6(2)3/h5-6H,4H2,1-3H3,(H,12,13). The highest BCUT2D eigenvalue weighted by atomic mass is 16.4. The van der Waals surface area contributed by atoms with E-state index in [1.807, 2.05) is 20.8 Å². The van der Waals surface area contributed by atoms with Crippen molar-refractivity contribution in [3.8, 4) is 0 Å². The molecule has 0 aliphatic rings. The smallest absolute Gasteiger partial charge is 0.339 e. The summed E-state index contributed by atoms with van der Waals surface area (Å²) in [5.41, 5.74) is 0.970. The van der Waals surface area contributed by atoms with Crippen molar-refractivity contribution in [2.75, 3.05) is 0 Å². The van der Waals surface area contributed by atoms with Crippen LogP contribution in [0.4, 0.5) is 0 Å². The van der Waals surface area contributed by atoms with E-state index in [0.29, 0.717) is 17.7 Å². The first-order valence-corrected chi connectivity index (χ1v) is 4.37. The molecule has 1 N–H and O–H groups in total. The third kappa shape index (κ3) is 1.88. The molecule has 4 heteroatoms. The first-order valence-electron chi connectivity index (χ1n) is 4.37. The van der Waals surface area contributed by atoms with E-state index in [-0.39, 0.29) is 6.04 Å². The van der Waals surface area contributed by atoms with Gasteiger partial charge in [0.1, 0.15) is 5.56 Å². The summed E-state index contributed by atoms with van der Waals surface area (Å²) < 4.78 is 1.68. The topological polar surface area (TPSA) is 55.1 Å². The van der Waals surface area contributed by atoms with Crippen LogP contribution in [0, 0.1) is 0 Å². The second-order valence-electron chi connectivity index (χ2n) is 3.22. The maximum atomic E-state index is 10.8. The molecule has 1 aromatic heterocycles. The summed E-state index contributed by atoms with van der Waals surface area (Å²) in [5, 5.41) is 13.0. The third-order valence-electron chi connectivity index (χ3n) is 1.90. The van der Waals surface area contributed by atoms with Crippen LogP contribution in [-0.2, 0) is 6.42 Å². The van der Waals surface area contributed by atoms with Gasteiger partial charge < -0.3 is 5.11 Å². The van der Waals surface area contributed by atoms with Crippen LogP contribution in [0.2, 0.25) is 0 Å². The van der Waals surface area contributed by atoms with Gasteiger partial charge in [-0.2, -0.15) is 5.10 Å². The maximum Gasteiger partial charge on any atom is 0.339 e. The zero-order chi connectivity index (χ0) is 10.0. The van der Waals surface area contributed by atoms with Gasteiger partial charge in [-0.25, -0.2) is 4.79 Å². The Morgan fingerprint density at radius 2 is 2.31 bits per heavy atom. The lowest BCUT2D eigenvalue weighted by molar-refractivity contribution is 0.0695. The molecule has 13 heavy (non-hydrogen) atoms. The summed E-state index contributed by atoms with van der Waals surface area (Å²) in [7, 11) is 0. The number of hydrogen-bond donors (Lipinski definition) is 1. The zero-order valence-electron chi connectivity index (χ0n) is 8.11. The molecule has 0 radical (unpaired) electrons. The van der Waals surface area contributed by atoms with Gasteiger partial charge in [-0.1, -0.05) is 6.92 Å². The molecule has 1 rings (SSSR count). The molecular formula is C9H14N2O2. The number of aryl methyl sites for hydroxylation is 1. The molecule has 0 bridgehead atoms. The second-order valence-corrected chi connectivity index (χ2v) is 3.22. The van der Waals surface area contributed by atoms with Crippen molar-refractivity contribution in [1.29, 1.82) is 0 Å². The molecule has 0 saturated carbocycles. The molecule has 0 aromatic carbocycles. The molecule has 0 amide bonds. The number of hydrogen-bond acceptors (Lipinski definition) is 2. The van der Waals surface area contributed by atoms with Gasteiger partial charge in [0.05, 0.1) is 5.69 Å². The Morgan fingerprint density at radius 1 is 1.69 bits per heavy atom. The Hall–Kier alpha value is -1.32. The average molecular weight is 182 g/mol. The van der Waals surface area contributed by atoms with Crippen molar-refractivity contribution in [3.63, 3.8) is 0 Å². The molecule has 0 aliphatic carbocycles. The predicted octanol–water partition coefficient (Wildman–Crippen LogP) is 1.72. The van der Waals surface area contributed by atoms with Crippen LogP contribution in [0.5, 0.6) is 0 Å². The Bertz CT molecular complexity index is 315. The van der Waals surface area contributed by atoms with Crippen LogP contribution >= 0.6 is 0 Å². The summed E-state index contributed by atoms with van der Waals surface area (Å²) in [6.45, 7) is 5.84. The monoisotopic (exact) mass is 182 g/mol. The largest absolute Gasteiger partial charge is 0.478 e. The van der Waals surface area contributed by atoms with Crippen LogP contribution in [0.3, 0.4) is 0 Å². The number of nitrogens with zero attached hydrogens (tertiary/aromatic N) is 2. The minimum atomic E-state index is -0.899. The number of carboxylic acid groups (broad SMARTS) is 1. The SMILES string of the molecule is CCc1nn(C(C)C)cc1C(=O)O. The van der Waals surface area contributed by atoms with Crippen molar-refractivity contribution >= 4 is 5.97 Å². The maximum absolute atomic E-state index is 10.8. The third-order valence-corrected chi connectivity index (χ3v) is 1.90. The van der Waals surface area contributed by atoms with Gasteiger partial charge in [-0.05, 0) is 20.3 Å². The van der Waals surface area contributed by atoms with E-state index in [4.69, 9.17) is 5.11 Å². The summed E-state index contributed by atoms with van der Waals surface area (Å²) >= 11 is 0. The second kappa shape index (κ2) is 3.60. The van der Waals surface area contributed by atoms with E-state index in [0.717, 1.165) is 0 Å². The quantitative estimate of drug-likeness (QED) is 0.774. The molecule has 4 nitrogen and oxygen atoms in total. The van der Waals surface area contributed by atoms with E-state index in [2.05, 4.69) is 5.10 Å². The first kappa shape index (κ1) is 9.77. The molecule has 0 aliphatic heterocycles. The van der Waals surface area contributed by atoms with E-state index >= 15 is 0 Å². The Morgan fingerprint density at radius 3 is 2.62 bits per heavy atom. The van der Waals surface area contributed by atoms with Crippen LogP contribution in [0.1, 0.15) is 42.9 Å². The fraction of sp³-hybridized carbons (Fsp3) is 0.556. The van der Waals surface area contributed by atoms with E-state index in [9.17, 15) is 4.79 Å². The lowest BCUT2D eigenvalue weighted by Crippen LogP contribution is -2.01. The lowest BCUT2D eigenvalue weighted by Gasteiger charge is -2.02. The van der Waals surface area contributed by atoms with Crippen molar-refractivity contribution < 1.29 is 9.90 Å². The minimum Gasteiger partial charge on any atom is -0.478 e. The van der Waals surface area contributed by atoms with Crippen LogP contribution in [0.25, 0.3) is 0 Å². The van der Waals surface area contributed by atoms with E-state index < -0.39 is 5.97 Å². The zero-order valence-corrected chi connectivity index (χ0v) is 8.11. The van der Waals surface area contributed by atoms with Crippen LogP contribution < -0.4 is 0 Å². The summed E-state index contributed by atoms with van der Waals surface area (Å²) in [6.07, 6.45) is 2.24. The fourth-order valence-electron chi connectivity index (χ4n) is 1.13. The van der Waals surface area contributed by atoms with Gasteiger partial charge in [0.15, 0.2) is 0 Å². The van der Waals surface area contributed by atoms with E-state index in [1.165, 1.54) is 0 Å². The van der Waals surface area contributed by atoms with Gasteiger partial charge >= 0.3 is 5.97 Å².